The van der Waals surface area contributed by atoms with Crippen LogP contribution in [0.5, 0.6) is 0 Å². The largest absolute Gasteiger partial charge is 0.444 e. The number of piperidine rings is 1. The summed E-state index contributed by atoms with van der Waals surface area (Å²) in [5, 5.41) is 9.23. The van der Waals surface area contributed by atoms with Gasteiger partial charge in [-0.2, -0.15) is 5.10 Å². The maximum absolute atomic E-state index is 12.1. The number of hydrogen-bond acceptors (Lipinski definition) is 5. The molecule has 0 bridgehead atoms. The molecular formula is C15H23ClN4O3. The van der Waals surface area contributed by atoms with E-state index in [1.807, 2.05) is 20.8 Å². The van der Waals surface area contributed by atoms with Gasteiger partial charge in [-0.3, -0.25) is 4.79 Å². The van der Waals surface area contributed by atoms with E-state index < -0.39 is 11.2 Å². The summed E-state index contributed by atoms with van der Waals surface area (Å²) in [6.07, 6.45) is 3.13. The summed E-state index contributed by atoms with van der Waals surface area (Å²) >= 11 is 5.93. The maximum Gasteiger partial charge on any atom is 0.410 e. The second-order valence-electron chi connectivity index (χ2n) is 6.74. The van der Waals surface area contributed by atoms with Crippen molar-refractivity contribution >= 4 is 23.4 Å². The fourth-order valence-electron chi connectivity index (χ4n) is 2.49. The van der Waals surface area contributed by atoms with Gasteiger partial charge in [0, 0.05) is 19.6 Å². The molecule has 0 radical (unpaired) electrons. The summed E-state index contributed by atoms with van der Waals surface area (Å²) in [7, 11) is 0. The third-order valence-electron chi connectivity index (χ3n) is 3.55. The zero-order valence-corrected chi connectivity index (χ0v) is 14.4. The Hall–Kier alpha value is -1.76. The minimum absolute atomic E-state index is 0.0970. The fraction of sp³-hybridized carbons (Fsp3) is 0.667. The highest BCUT2D eigenvalue weighted by Gasteiger charge is 2.27. The first-order chi connectivity index (χ1) is 10.8. The second-order valence-corrected chi connectivity index (χ2v) is 7.12. The summed E-state index contributed by atoms with van der Waals surface area (Å²) in [5.41, 5.74) is -0.410. The van der Waals surface area contributed by atoms with Crippen LogP contribution >= 0.6 is 11.6 Å². The van der Waals surface area contributed by atoms with Crippen molar-refractivity contribution in [2.75, 3.05) is 25.0 Å². The number of aromatic nitrogens is 2. The van der Waals surface area contributed by atoms with Crippen LogP contribution in [0.15, 0.2) is 11.0 Å². The summed E-state index contributed by atoms with van der Waals surface area (Å²) in [5.74, 6) is 0.270. The predicted octanol–water partition coefficient (Wildman–Crippen LogP) is 2.48. The molecule has 2 heterocycles. The predicted molar refractivity (Wildman–Crippen MR) is 88.9 cm³/mol. The van der Waals surface area contributed by atoms with Gasteiger partial charge in [0.15, 0.2) is 0 Å². The van der Waals surface area contributed by atoms with Crippen LogP contribution in [0.2, 0.25) is 5.02 Å². The number of aromatic amines is 1. The van der Waals surface area contributed by atoms with E-state index in [2.05, 4.69) is 15.5 Å². The molecule has 1 amide bonds. The standard InChI is InChI=1S/C15H23ClN4O3/c1-15(2,3)23-14(22)20-6-4-5-10(9-20)7-17-11-8-18-19-13(21)12(11)16/h8,10H,4-7,9H2,1-3H3,(H2,17,19,21). The van der Waals surface area contributed by atoms with Crippen LogP contribution in [-0.4, -0.2) is 46.4 Å². The molecule has 1 saturated heterocycles. The Kier molecular flexibility index (Phi) is 5.51. The van der Waals surface area contributed by atoms with Gasteiger partial charge < -0.3 is 15.0 Å². The number of carbonyl (C=O) groups excluding carboxylic acids is 1. The molecule has 1 atom stereocenters. The van der Waals surface area contributed by atoms with Gasteiger partial charge in [0.2, 0.25) is 0 Å². The van der Waals surface area contributed by atoms with E-state index in [-0.39, 0.29) is 17.0 Å². The van der Waals surface area contributed by atoms with Crippen molar-refractivity contribution in [3.05, 3.63) is 21.6 Å². The topological polar surface area (TPSA) is 87.3 Å². The number of likely N-dealkylation sites (tertiary alicyclic amines) is 1. The van der Waals surface area contributed by atoms with Crippen molar-refractivity contribution in [1.29, 1.82) is 0 Å². The van der Waals surface area contributed by atoms with E-state index in [9.17, 15) is 9.59 Å². The molecule has 2 rings (SSSR count). The van der Waals surface area contributed by atoms with Crippen LogP contribution in [0.3, 0.4) is 0 Å². The summed E-state index contributed by atoms with van der Waals surface area (Å²) in [4.78, 5) is 25.3. The molecular weight excluding hydrogens is 320 g/mol. The average molecular weight is 343 g/mol. The first-order valence-corrected chi connectivity index (χ1v) is 8.09. The fourth-order valence-corrected chi connectivity index (χ4v) is 2.64. The number of ether oxygens (including phenoxy) is 1. The molecule has 0 aromatic carbocycles. The van der Waals surface area contributed by atoms with Gasteiger partial charge >= 0.3 is 6.09 Å². The highest BCUT2D eigenvalue weighted by Crippen LogP contribution is 2.21. The van der Waals surface area contributed by atoms with E-state index in [1.54, 1.807) is 4.90 Å². The molecule has 0 spiro atoms. The molecule has 1 aliphatic rings. The van der Waals surface area contributed by atoms with Crippen LogP contribution in [0.1, 0.15) is 33.6 Å². The van der Waals surface area contributed by atoms with Gasteiger partial charge in [-0.1, -0.05) is 11.6 Å². The number of nitrogens with one attached hydrogen (secondary N) is 2. The second kappa shape index (κ2) is 7.21. The molecule has 1 aromatic heterocycles. The van der Waals surface area contributed by atoms with Gasteiger partial charge in [-0.15, -0.1) is 0 Å². The molecule has 1 aromatic rings. The van der Waals surface area contributed by atoms with Gasteiger partial charge in [0.1, 0.15) is 10.6 Å². The molecule has 1 aliphatic heterocycles. The lowest BCUT2D eigenvalue weighted by molar-refractivity contribution is 0.0172. The third-order valence-corrected chi connectivity index (χ3v) is 3.92. The molecule has 1 fully saturated rings. The maximum atomic E-state index is 12.1. The lowest BCUT2D eigenvalue weighted by Crippen LogP contribution is -2.44. The summed E-state index contributed by atoms with van der Waals surface area (Å²) < 4.78 is 5.41. The quantitative estimate of drug-likeness (QED) is 0.881. The monoisotopic (exact) mass is 342 g/mol. The van der Waals surface area contributed by atoms with Gasteiger partial charge in [0.05, 0.1) is 11.9 Å². The number of H-pyrrole nitrogens is 1. The number of nitrogens with zero attached hydrogens (tertiary/aromatic N) is 2. The molecule has 2 N–H and O–H groups in total. The first-order valence-electron chi connectivity index (χ1n) is 7.71. The lowest BCUT2D eigenvalue weighted by Gasteiger charge is -2.34. The Morgan fingerprint density at radius 3 is 3.00 bits per heavy atom. The Morgan fingerprint density at radius 1 is 1.57 bits per heavy atom. The van der Waals surface area contributed by atoms with Gasteiger partial charge in [-0.25, -0.2) is 9.89 Å². The molecule has 8 heteroatoms. The minimum Gasteiger partial charge on any atom is -0.444 e. The number of carbonyl (C=O) groups is 1. The smallest absolute Gasteiger partial charge is 0.410 e. The van der Waals surface area contributed by atoms with E-state index in [4.69, 9.17) is 16.3 Å². The summed E-state index contributed by atoms with van der Waals surface area (Å²) in [6, 6.07) is 0. The van der Waals surface area contributed by atoms with Crippen molar-refractivity contribution in [1.82, 2.24) is 15.1 Å². The van der Waals surface area contributed by atoms with E-state index >= 15 is 0 Å². The first kappa shape index (κ1) is 17.6. The average Bonchev–Trinajstić information content (AvgIpc) is 2.47. The third kappa shape index (κ3) is 5.13. The Balaban J connectivity index is 1.90. The van der Waals surface area contributed by atoms with E-state index in [1.165, 1.54) is 6.20 Å². The highest BCUT2D eigenvalue weighted by molar-refractivity contribution is 6.32. The molecule has 128 valence electrons. The van der Waals surface area contributed by atoms with Gasteiger partial charge in [0.25, 0.3) is 5.56 Å². The Morgan fingerprint density at radius 2 is 2.30 bits per heavy atom. The van der Waals surface area contributed by atoms with Crippen molar-refractivity contribution in [2.45, 2.75) is 39.2 Å². The van der Waals surface area contributed by atoms with Crippen molar-refractivity contribution < 1.29 is 9.53 Å². The SMILES string of the molecule is CC(C)(C)OC(=O)N1CCCC(CNc2cn[nH]c(=O)c2Cl)C1. The zero-order chi connectivity index (χ0) is 17.0. The number of anilines is 1. The lowest BCUT2D eigenvalue weighted by atomic mass is 9.98. The van der Waals surface area contributed by atoms with E-state index in [0.717, 1.165) is 12.8 Å². The molecule has 23 heavy (non-hydrogen) atoms. The van der Waals surface area contributed by atoms with Crippen molar-refractivity contribution in [3.63, 3.8) is 0 Å². The van der Waals surface area contributed by atoms with Crippen LogP contribution in [0.25, 0.3) is 0 Å². The van der Waals surface area contributed by atoms with Crippen LogP contribution < -0.4 is 10.9 Å². The normalized spacial score (nSPS) is 18.6. The zero-order valence-electron chi connectivity index (χ0n) is 13.7. The number of rotatable bonds is 3. The van der Waals surface area contributed by atoms with Crippen molar-refractivity contribution in [2.24, 2.45) is 5.92 Å². The van der Waals surface area contributed by atoms with Crippen LogP contribution in [0, 0.1) is 5.92 Å². The van der Waals surface area contributed by atoms with Crippen LogP contribution in [-0.2, 0) is 4.74 Å². The molecule has 7 nitrogen and oxygen atoms in total. The van der Waals surface area contributed by atoms with E-state index in [0.29, 0.717) is 25.3 Å². The molecule has 0 aliphatic carbocycles. The van der Waals surface area contributed by atoms with Gasteiger partial charge in [-0.05, 0) is 39.5 Å². The Bertz CT molecular complexity index is 611. The number of halogens is 1. The highest BCUT2D eigenvalue weighted by atomic mass is 35.5. The minimum atomic E-state index is -0.494. The van der Waals surface area contributed by atoms with Crippen molar-refractivity contribution in [3.8, 4) is 0 Å². The number of hydrogen-bond donors (Lipinski definition) is 2. The summed E-state index contributed by atoms with van der Waals surface area (Å²) in [6.45, 7) is 7.51. The van der Waals surface area contributed by atoms with Crippen LogP contribution in [0.4, 0.5) is 10.5 Å². The molecule has 0 saturated carbocycles. The number of amides is 1. The Labute approximate surface area is 140 Å². The molecule has 1 unspecified atom stereocenters.